The number of nitrogens with one attached hydrogen (secondary N) is 1. The van der Waals surface area contributed by atoms with Gasteiger partial charge < -0.3 is 10.4 Å². The van der Waals surface area contributed by atoms with Crippen molar-refractivity contribution in [2.24, 2.45) is 0 Å². The minimum Gasteiger partial charge on any atom is -0.506 e. The molecule has 3 aromatic rings. The van der Waals surface area contributed by atoms with Crippen LogP contribution in [0, 0.1) is 0 Å². The van der Waals surface area contributed by atoms with Crippen molar-refractivity contribution in [3.05, 3.63) is 90.3 Å². The summed E-state index contributed by atoms with van der Waals surface area (Å²) in [6.45, 7) is 0. The van der Waals surface area contributed by atoms with E-state index in [4.69, 9.17) is 0 Å². The molecular formula is C19H18N2O. The van der Waals surface area contributed by atoms with E-state index in [0.717, 1.165) is 12.1 Å². The Balaban J connectivity index is 1.88. The van der Waals surface area contributed by atoms with Crippen LogP contribution in [0.3, 0.4) is 0 Å². The lowest BCUT2D eigenvalue weighted by molar-refractivity contribution is 0.476. The Morgan fingerprint density at radius 1 is 0.864 bits per heavy atom. The summed E-state index contributed by atoms with van der Waals surface area (Å²) in [6.07, 6.45) is 2.59. The molecule has 0 bridgehead atoms. The highest BCUT2D eigenvalue weighted by Crippen LogP contribution is 2.28. The molecule has 110 valence electrons. The summed E-state index contributed by atoms with van der Waals surface area (Å²) in [5.74, 6) is 0.247. The summed E-state index contributed by atoms with van der Waals surface area (Å²) < 4.78 is 0. The normalized spacial score (nSPS) is 11.8. The lowest BCUT2D eigenvalue weighted by Crippen LogP contribution is -2.15. The monoisotopic (exact) mass is 290 g/mol. The molecule has 3 rings (SSSR count). The molecule has 3 nitrogen and oxygen atoms in total. The third kappa shape index (κ3) is 3.44. The highest BCUT2D eigenvalue weighted by molar-refractivity contribution is 5.56. The molecule has 0 fully saturated rings. The molecule has 0 saturated carbocycles. The first-order valence-electron chi connectivity index (χ1n) is 7.32. The zero-order chi connectivity index (χ0) is 15.2. The Bertz CT molecular complexity index is 714. The van der Waals surface area contributed by atoms with E-state index in [-0.39, 0.29) is 11.8 Å². The number of benzene rings is 2. The first-order valence-corrected chi connectivity index (χ1v) is 7.32. The predicted octanol–water partition coefficient (Wildman–Crippen LogP) is 4.18. The van der Waals surface area contributed by atoms with Crippen molar-refractivity contribution in [2.75, 3.05) is 5.32 Å². The van der Waals surface area contributed by atoms with E-state index in [9.17, 15) is 5.11 Å². The predicted molar refractivity (Wildman–Crippen MR) is 88.9 cm³/mol. The molecule has 22 heavy (non-hydrogen) atoms. The molecule has 0 unspecified atom stereocenters. The van der Waals surface area contributed by atoms with Crippen LogP contribution in [0.4, 0.5) is 5.69 Å². The van der Waals surface area contributed by atoms with Gasteiger partial charge in [-0.15, -0.1) is 0 Å². The van der Waals surface area contributed by atoms with Crippen LogP contribution in [0.5, 0.6) is 5.75 Å². The fourth-order valence-corrected chi connectivity index (χ4v) is 2.44. The van der Waals surface area contributed by atoms with Gasteiger partial charge in [0.25, 0.3) is 0 Å². The number of hydrogen-bond acceptors (Lipinski definition) is 3. The number of phenols is 1. The number of rotatable bonds is 5. The maximum Gasteiger partial charge on any atom is 0.138 e. The van der Waals surface area contributed by atoms with Gasteiger partial charge in [-0.05, 0) is 36.2 Å². The summed E-state index contributed by atoms with van der Waals surface area (Å²) in [5.41, 5.74) is 2.89. The van der Waals surface area contributed by atoms with Crippen molar-refractivity contribution < 1.29 is 5.11 Å². The topological polar surface area (TPSA) is 45.1 Å². The molecular weight excluding hydrogens is 272 g/mol. The second kappa shape index (κ2) is 6.76. The van der Waals surface area contributed by atoms with E-state index in [1.807, 2.05) is 54.6 Å². The summed E-state index contributed by atoms with van der Waals surface area (Å²) in [6, 6.07) is 23.4. The van der Waals surface area contributed by atoms with E-state index in [1.54, 1.807) is 12.3 Å². The molecule has 0 aliphatic rings. The number of aromatic nitrogens is 1. The fourth-order valence-electron chi connectivity index (χ4n) is 2.44. The Labute approximate surface area is 130 Å². The number of phenolic OH excluding ortho intramolecular Hbond substituents is 1. The van der Waals surface area contributed by atoms with Crippen LogP contribution in [0.15, 0.2) is 79.0 Å². The molecule has 1 atom stereocenters. The van der Waals surface area contributed by atoms with E-state index in [0.29, 0.717) is 5.69 Å². The molecule has 0 aliphatic heterocycles. The summed E-state index contributed by atoms with van der Waals surface area (Å²) in [7, 11) is 0. The SMILES string of the molecule is Oc1ccccc1N[C@H](Cc1ccccc1)c1ccccn1. The van der Waals surface area contributed by atoms with Crippen molar-refractivity contribution in [1.29, 1.82) is 0 Å². The number of hydrogen-bond donors (Lipinski definition) is 2. The zero-order valence-corrected chi connectivity index (χ0v) is 12.2. The summed E-state index contributed by atoms with van der Waals surface area (Å²) in [5, 5.41) is 13.4. The van der Waals surface area contributed by atoms with Gasteiger partial charge in [0.05, 0.1) is 17.4 Å². The Kier molecular flexibility index (Phi) is 4.35. The van der Waals surface area contributed by atoms with Crippen molar-refractivity contribution in [2.45, 2.75) is 12.5 Å². The average molecular weight is 290 g/mol. The number of para-hydroxylation sites is 2. The van der Waals surface area contributed by atoms with E-state index >= 15 is 0 Å². The van der Waals surface area contributed by atoms with Crippen molar-refractivity contribution in [1.82, 2.24) is 4.98 Å². The van der Waals surface area contributed by atoms with Crippen LogP contribution in [0.25, 0.3) is 0 Å². The maximum absolute atomic E-state index is 9.99. The van der Waals surface area contributed by atoms with Crippen LogP contribution in [-0.2, 0) is 6.42 Å². The van der Waals surface area contributed by atoms with Gasteiger partial charge in [0.15, 0.2) is 0 Å². The van der Waals surface area contributed by atoms with Gasteiger partial charge >= 0.3 is 0 Å². The second-order valence-corrected chi connectivity index (χ2v) is 5.16. The van der Waals surface area contributed by atoms with Crippen LogP contribution in [-0.4, -0.2) is 10.1 Å². The van der Waals surface area contributed by atoms with Gasteiger partial charge in [-0.1, -0.05) is 48.5 Å². The van der Waals surface area contributed by atoms with Gasteiger partial charge in [0, 0.05) is 6.20 Å². The molecule has 3 heteroatoms. The first-order chi connectivity index (χ1) is 10.8. The van der Waals surface area contributed by atoms with Crippen molar-refractivity contribution in [3.63, 3.8) is 0 Å². The lowest BCUT2D eigenvalue weighted by Gasteiger charge is -2.20. The summed E-state index contributed by atoms with van der Waals surface area (Å²) >= 11 is 0. The van der Waals surface area contributed by atoms with E-state index < -0.39 is 0 Å². The first kappa shape index (κ1) is 14.1. The molecule has 2 N–H and O–H groups in total. The van der Waals surface area contributed by atoms with Crippen LogP contribution < -0.4 is 5.32 Å². The molecule has 0 amide bonds. The maximum atomic E-state index is 9.99. The highest BCUT2D eigenvalue weighted by Gasteiger charge is 2.14. The second-order valence-electron chi connectivity index (χ2n) is 5.16. The zero-order valence-electron chi connectivity index (χ0n) is 12.2. The Morgan fingerprint density at radius 2 is 1.59 bits per heavy atom. The van der Waals surface area contributed by atoms with Gasteiger partial charge in [-0.2, -0.15) is 0 Å². The minimum atomic E-state index is -0.00287. The summed E-state index contributed by atoms with van der Waals surface area (Å²) in [4.78, 5) is 4.46. The molecule has 2 aromatic carbocycles. The largest absolute Gasteiger partial charge is 0.506 e. The fraction of sp³-hybridized carbons (Fsp3) is 0.105. The van der Waals surface area contributed by atoms with Crippen LogP contribution in [0.1, 0.15) is 17.3 Å². The smallest absolute Gasteiger partial charge is 0.138 e. The number of aromatic hydroxyl groups is 1. The van der Waals surface area contributed by atoms with Crippen molar-refractivity contribution >= 4 is 5.69 Å². The minimum absolute atomic E-state index is 0.00287. The quantitative estimate of drug-likeness (QED) is 0.693. The van der Waals surface area contributed by atoms with Crippen molar-refractivity contribution in [3.8, 4) is 5.75 Å². The third-order valence-corrected chi connectivity index (χ3v) is 3.56. The van der Waals surface area contributed by atoms with Gasteiger partial charge in [0.1, 0.15) is 5.75 Å². The molecule has 0 aliphatic carbocycles. The lowest BCUT2D eigenvalue weighted by atomic mass is 10.0. The Morgan fingerprint density at radius 3 is 2.32 bits per heavy atom. The molecule has 1 heterocycles. The highest BCUT2D eigenvalue weighted by atomic mass is 16.3. The molecule has 0 radical (unpaired) electrons. The van der Waals surface area contributed by atoms with E-state index in [2.05, 4.69) is 22.4 Å². The Hall–Kier alpha value is -2.81. The molecule has 1 aromatic heterocycles. The molecule has 0 spiro atoms. The average Bonchev–Trinajstić information content (AvgIpc) is 2.58. The molecule has 0 saturated heterocycles. The third-order valence-electron chi connectivity index (χ3n) is 3.56. The van der Waals surface area contributed by atoms with Crippen LogP contribution in [0.2, 0.25) is 0 Å². The standard InChI is InChI=1S/C19H18N2O/c22-19-12-5-4-11-17(19)21-18(16-10-6-7-13-20-16)14-15-8-2-1-3-9-15/h1-13,18,21-22H,14H2/t18-/m1/s1. The number of anilines is 1. The number of nitrogens with zero attached hydrogens (tertiary/aromatic N) is 1. The van der Waals surface area contributed by atoms with Gasteiger partial charge in [-0.3, -0.25) is 4.98 Å². The number of pyridine rings is 1. The van der Waals surface area contributed by atoms with Gasteiger partial charge in [0.2, 0.25) is 0 Å². The van der Waals surface area contributed by atoms with E-state index in [1.165, 1.54) is 5.56 Å². The van der Waals surface area contributed by atoms with Crippen LogP contribution >= 0.6 is 0 Å². The van der Waals surface area contributed by atoms with Gasteiger partial charge in [-0.25, -0.2) is 0 Å².